The molecule has 6 rings (SSSR count). The van der Waals surface area contributed by atoms with E-state index in [1.807, 2.05) is 6.07 Å². The lowest BCUT2D eigenvalue weighted by Gasteiger charge is -2.26. The highest BCUT2D eigenvalue weighted by Crippen LogP contribution is 2.55. The number of halogens is 1. The second-order valence-corrected chi connectivity index (χ2v) is 10.1. The fourth-order valence-corrected chi connectivity index (χ4v) is 5.92. The lowest BCUT2D eigenvalue weighted by Crippen LogP contribution is -2.50. The SMILES string of the molecule is NC(=O)c1nn(CC(=O)N2CC(F)CC2C(=O)NC23CCCC2C3)c2ccc(-c3ccnnc3)cc12. The van der Waals surface area contributed by atoms with Gasteiger partial charge in [0.2, 0.25) is 11.8 Å². The molecule has 3 N–H and O–H groups in total. The molecule has 3 amide bonds. The molecule has 2 aliphatic carbocycles. The van der Waals surface area contributed by atoms with Crippen LogP contribution in [-0.4, -0.2) is 66.9 Å². The van der Waals surface area contributed by atoms with Gasteiger partial charge < -0.3 is 16.0 Å². The molecule has 4 unspecified atom stereocenters. The van der Waals surface area contributed by atoms with E-state index >= 15 is 0 Å². The molecule has 36 heavy (non-hydrogen) atoms. The van der Waals surface area contributed by atoms with Crippen molar-refractivity contribution in [3.8, 4) is 11.1 Å². The van der Waals surface area contributed by atoms with Crippen molar-refractivity contribution in [1.29, 1.82) is 0 Å². The van der Waals surface area contributed by atoms with Crippen LogP contribution in [0.4, 0.5) is 4.39 Å². The van der Waals surface area contributed by atoms with Crippen molar-refractivity contribution in [3.63, 3.8) is 0 Å². The van der Waals surface area contributed by atoms with Crippen LogP contribution in [0, 0.1) is 5.92 Å². The zero-order valence-electron chi connectivity index (χ0n) is 19.6. The molecular formula is C25H26FN7O3. The summed E-state index contributed by atoms with van der Waals surface area (Å²) in [7, 11) is 0. The first-order valence-corrected chi connectivity index (χ1v) is 12.2. The van der Waals surface area contributed by atoms with Crippen molar-refractivity contribution in [2.45, 2.75) is 56.4 Å². The van der Waals surface area contributed by atoms with E-state index < -0.39 is 24.0 Å². The fourth-order valence-electron chi connectivity index (χ4n) is 5.92. The Morgan fingerprint density at radius 1 is 1.19 bits per heavy atom. The number of aromatic nitrogens is 4. The number of primary amides is 1. The second-order valence-electron chi connectivity index (χ2n) is 10.1. The number of hydrogen-bond donors (Lipinski definition) is 2. The van der Waals surface area contributed by atoms with E-state index in [-0.39, 0.29) is 36.7 Å². The van der Waals surface area contributed by atoms with Gasteiger partial charge in [-0.2, -0.15) is 15.3 Å². The van der Waals surface area contributed by atoms with Crippen molar-refractivity contribution >= 4 is 28.6 Å². The van der Waals surface area contributed by atoms with E-state index in [1.165, 1.54) is 9.58 Å². The molecule has 1 saturated heterocycles. The summed E-state index contributed by atoms with van der Waals surface area (Å²) in [4.78, 5) is 39.8. The number of rotatable bonds is 6. The summed E-state index contributed by atoms with van der Waals surface area (Å²) < 4.78 is 15.8. The van der Waals surface area contributed by atoms with Gasteiger partial charge >= 0.3 is 0 Å². The van der Waals surface area contributed by atoms with Crippen LogP contribution < -0.4 is 11.1 Å². The summed E-state index contributed by atoms with van der Waals surface area (Å²) in [6.45, 7) is -0.390. The van der Waals surface area contributed by atoms with Crippen molar-refractivity contribution in [3.05, 3.63) is 42.4 Å². The Balaban J connectivity index is 1.26. The van der Waals surface area contributed by atoms with Crippen molar-refractivity contribution < 1.29 is 18.8 Å². The Hall–Kier alpha value is -3.89. The Morgan fingerprint density at radius 3 is 2.75 bits per heavy atom. The molecule has 11 heteroatoms. The number of nitrogens with one attached hydrogen (secondary N) is 1. The normalized spacial score (nSPS) is 26.7. The third kappa shape index (κ3) is 3.78. The highest BCUT2D eigenvalue weighted by atomic mass is 19.1. The van der Waals surface area contributed by atoms with E-state index in [0.717, 1.165) is 36.8 Å². The quantitative estimate of drug-likeness (QED) is 0.537. The zero-order chi connectivity index (χ0) is 25.0. The molecule has 3 fully saturated rings. The smallest absolute Gasteiger partial charge is 0.269 e. The molecule has 10 nitrogen and oxygen atoms in total. The van der Waals surface area contributed by atoms with Crippen molar-refractivity contribution in [1.82, 2.24) is 30.2 Å². The molecule has 1 aliphatic heterocycles. The summed E-state index contributed by atoms with van der Waals surface area (Å²) in [6.07, 6.45) is 5.96. The summed E-state index contributed by atoms with van der Waals surface area (Å²) >= 11 is 0. The first-order chi connectivity index (χ1) is 17.3. The molecule has 1 aromatic carbocycles. The van der Waals surface area contributed by atoms with Gasteiger partial charge in [-0.3, -0.25) is 19.1 Å². The zero-order valence-corrected chi connectivity index (χ0v) is 19.6. The van der Waals surface area contributed by atoms with Gasteiger partial charge in [0.05, 0.1) is 24.5 Å². The van der Waals surface area contributed by atoms with Crippen molar-refractivity contribution in [2.75, 3.05) is 6.54 Å². The number of carbonyl (C=O) groups excluding carboxylic acids is 3. The molecule has 4 atom stereocenters. The molecule has 2 saturated carbocycles. The van der Waals surface area contributed by atoms with Gasteiger partial charge in [0, 0.05) is 22.9 Å². The Labute approximate surface area is 206 Å². The number of fused-ring (bicyclic) bond motifs is 2. The number of nitrogens with two attached hydrogens (primary N) is 1. The predicted molar refractivity (Wildman–Crippen MR) is 127 cm³/mol. The van der Waals surface area contributed by atoms with Crippen LogP contribution in [-0.2, 0) is 16.1 Å². The minimum atomic E-state index is -1.27. The lowest BCUT2D eigenvalue weighted by molar-refractivity contribution is -0.139. The van der Waals surface area contributed by atoms with E-state index in [9.17, 15) is 18.8 Å². The molecule has 186 valence electrons. The Kier molecular flexibility index (Phi) is 5.24. The largest absolute Gasteiger partial charge is 0.364 e. The third-order valence-electron chi connectivity index (χ3n) is 7.84. The Morgan fingerprint density at radius 2 is 2.06 bits per heavy atom. The average Bonchev–Trinajstić information content (AvgIpc) is 3.19. The first-order valence-electron chi connectivity index (χ1n) is 12.2. The molecule has 3 aliphatic rings. The van der Waals surface area contributed by atoms with Gasteiger partial charge in [-0.15, -0.1) is 0 Å². The second kappa shape index (κ2) is 8.35. The van der Waals surface area contributed by atoms with Gasteiger partial charge in [-0.05, 0) is 48.9 Å². The van der Waals surface area contributed by atoms with E-state index in [1.54, 1.807) is 30.6 Å². The van der Waals surface area contributed by atoms with Crippen molar-refractivity contribution in [2.24, 2.45) is 11.7 Å². The lowest BCUT2D eigenvalue weighted by atomic mass is 10.0. The summed E-state index contributed by atoms with van der Waals surface area (Å²) in [5, 5.41) is 15.6. The number of alkyl halides is 1. The number of amides is 3. The first kappa shape index (κ1) is 22.6. The fraction of sp³-hybridized carbons (Fsp3) is 0.440. The summed E-state index contributed by atoms with van der Waals surface area (Å²) in [5.74, 6) is -0.946. The number of hydrogen-bond acceptors (Lipinski definition) is 6. The van der Waals surface area contributed by atoms with Crippen LogP contribution in [0.25, 0.3) is 22.0 Å². The standard InChI is InChI=1S/C25H26FN7O3/c26-17-9-20(24(36)30-25-6-1-2-16(25)10-25)32(12-17)21(34)13-33-19-4-3-14(15-5-7-28-29-11-15)8-18(19)22(31-33)23(27)35/h3-5,7-8,11,16-17,20H,1-2,6,9-10,12-13H2,(H2,27,35)(H,30,36). The van der Waals surface area contributed by atoms with E-state index in [0.29, 0.717) is 16.8 Å². The maximum Gasteiger partial charge on any atom is 0.269 e. The predicted octanol–water partition coefficient (Wildman–Crippen LogP) is 1.59. The number of benzene rings is 1. The van der Waals surface area contributed by atoms with Crippen LogP contribution in [0.2, 0.25) is 0 Å². The van der Waals surface area contributed by atoms with E-state index in [4.69, 9.17) is 5.73 Å². The van der Waals surface area contributed by atoms with Crippen LogP contribution in [0.3, 0.4) is 0 Å². The van der Waals surface area contributed by atoms with Gasteiger partial charge in [0.15, 0.2) is 5.69 Å². The molecule has 2 aromatic heterocycles. The summed E-state index contributed by atoms with van der Waals surface area (Å²) in [6, 6.07) is 6.26. The topological polar surface area (TPSA) is 136 Å². The monoisotopic (exact) mass is 491 g/mol. The average molecular weight is 492 g/mol. The molecule has 3 aromatic rings. The number of likely N-dealkylation sites (tertiary alicyclic amines) is 1. The van der Waals surface area contributed by atoms with Gasteiger partial charge in [0.1, 0.15) is 18.8 Å². The number of carbonyl (C=O) groups is 3. The maximum atomic E-state index is 14.4. The van der Waals surface area contributed by atoms with Crippen LogP contribution in [0.15, 0.2) is 36.7 Å². The minimum absolute atomic E-state index is 0.0198. The highest BCUT2D eigenvalue weighted by molar-refractivity contribution is 6.05. The molecule has 0 radical (unpaired) electrons. The van der Waals surface area contributed by atoms with E-state index in [2.05, 4.69) is 20.6 Å². The molecule has 3 heterocycles. The van der Waals surface area contributed by atoms with Crippen LogP contribution in [0.5, 0.6) is 0 Å². The third-order valence-corrected chi connectivity index (χ3v) is 7.84. The minimum Gasteiger partial charge on any atom is -0.364 e. The van der Waals surface area contributed by atoms with Crippen LogP contribution in [0.1, 0.15) is 42.6 Å². The summed E-state index contributed by atoms with van der Waals surface area (Å²) in [5.41, 5.74) is 7.56. The maximum absolute atomic E-state index is 14.4. The number of nitrogens with zero attached hydrogens (tertiary/aromatic N) is 5. The van der Waals surface area contributed by atoms with Gasteiger partial charge in [-0.25, -0.2) is 4.39 Å². The van der Waals surface area contributed by atoms with Gasteiger partial charge in [0.25, 0.3) is 5.91 Å². The Bertz CT molecular complexity index is 1380. The molecular weight excluding hydrogens is 465 g/mol. The van der Waals surface area contributed by atoms with Crippen LogP contribution >= 0.6 is 0 Å². The molecule has 0 spiro atoms. The van der Waals surface area contributed by atoms with Gasteiger partial charge in [-0.1, -0.05) is 12.5 Å². The highest BCUT2D eigenvalue weighted by Gasteiger charge is 2.58. The molecule has 0 bridgehead atoms.